The van der Waals surface area contributed by atoms with Gasteiger partial charge in [-0.05, 0) is 26.6 Å². The number of amides is 1. The molecule has 8 heteroatoms. The Kier molecular flexibility index (Phi) is 4.46. The van der Waals surface area contributed by atoms with Crippen LogP contribution in [0.5, 0.6) is 0 Å². The van der Waals surface area contributed by atoms with Crippen LogP contribution in [0.15, 0.2) is 18.5 Å². The second-order valence-electron chi connectivity index (χ2n) is 6.73. The molecule has 2 aliphatic rings. The number of rotatable bonds is 5. The Morgan fingerprint density at radius 3 is 2.78 bits per heavy atom. The second-order valence-corrected chi connectivity index (χ2v) is 9.00. The molecule has 128 valence electrons. The molecule has 0 radical (unpaired) electrons. The summed E-state index contributed by atoms with van der Waals surface area (Å²) in [6.45, 7) is 1.63. The predicted molar refractivity (Wildman–Crippen MR) is 86.6 cm³/mol. The van der Waals surface area contributed by atoms with Crippen LogP contribution < -0.4 is 0 Å². The van der Waals surface area contributed by atoms with E-state index in [1.807, 2.05) is 31.3 Å². The third kappa shape index (κ3) is 3.28. The summed E-state index contributed by atoms with van der Waals surface area (Å²) in [7, 11) is 0.738. The molecule has 0 saturated carbocycles. The molecule has 1 aromatic rings. The maximum absolute atomic E-state index is 12.4. The highest BCUT2D eigenvalue weighted by molar-refractivity contribution is 7.92. The molecule has 3 heterocycles. The summed E-state index contributed by atoms with van der Waals surface area (Å²) in [6, 6.07) is 1.88. The van der Waals surface area contributed by atoms with Gasteiger partial charge in [0.05, 0.1) is 11.0 Å². The molecule has 0 aromatic carbocycles. The highest BCUT2D eigenvalue weighted by Gasteiger charge is 2.53. The summed E-state index contributed by atoms with van der Waals surface area (Å²) < 4.78 is 26.4. The van der Waals surface area contributed by atoms with Crippen LogP contribution in [0.3, 0.4) is 0 Å². The molecular weight excluding hydrogens is 316 g/mol. The quantitative estimate of drug-likeness (QED) is 0.745. The van der Waals surface area contributed by atoms with Crippen molar-refractivity contribution < 1.29 is 13.2 Å². The number of carbonyl (C=O) groups is 1. The Bertz CT molecular complexity index is 656. The summed E-state index contributed by atoms with van der Waals surface area (Å²) in [4.78, 5) is 16.1. The number of hydrogen-bond acceptors (Lipinski definition) is 5. The van der Waals surface area contributed by atoms with Crippen LogP contribution >= 0.6 is 0 Å². The zero-order valence-electron chi connectivity index (χ0n) is 13.6. The van der Waals surface area contributed by atoms with E-state index in [0.717, 1.165) is 6.42 Å². The highest BCUT2D eigenvalue weighted by atomic mass is 32.2. The van der Waals surface area contributed by atoms with Gasteiger partial charge in [0, 0.05) is 50.4 Å². The van der Waals surface area contributed by atoms with Gasteiger partial charge in [0.1, 0.15) is 0 Å². The fourth-order valence-electron chi connectivity index (χ4n) is 3.75. The van der Waals surface area contributed by atoms with E-state index in [9.17, 15) is 13.2 Å². The molecule has 1 aromatic heterocycles. The lowest BCUT2D eigenvalue weighted by Crippen LogP contribution is -2.38. The third-order valence-electron chi connectivity index (χ3n) is 5.02. The predicted octanol–water partition coefficient (Wildman–Crippen LogP) is -0.151. The van der Waals surface area contributed by atoms with Gasteiger partial charge < -0.3 is 9.80 Å². The maximum atomic E-state index is 12.4. The normalized spacial score (nSPS) is 29.2. The summed E-state index contributed by atoms with van der Waals surface area (Å²) in [5.74, 6) is 0.320. The number of fused-ring (bicyclic) bond motifs is 1. The van der Waals surface area contributed by atoms with Gasteiger partial charge in [-0.15, -0.1) is 0 Å². The number of hydrogen-bond donors (Lipinski definition) is 0. The number of carbonyl (C=O) groups excluding carboxylic acids is 1. The summed E-state index contributed by atoms with van der Waals surface area (Å²) in [5, 5.41) is 3.73. The average Bonchev–Trinajstić information content (AvgIpc) is 3.17. The monoisotopic (exact) mass is 340 g/mol. The number of aryl methyl sites for hydroxylation is 1. The van der Waals surface area contributed by atoms with Gasteiger partial charge >= 0.3 is 0 Å². The minimum absolute atomic E-state index is 0.0203. The van der Waals surface area contributed by atoms with Gasteiger partial charge in [0.15, 0.2) is 9.84 Å². The molecule has 2 saturated heterocycles. The number of aromatic nitrogens is 2. The Labute approximate surface area is 137 Å². The Balaban J connectivity index is 1.57. The largest absolute Gasteiger partial charge is 0.341 e. The maximum Gasteiger partial charge on any atom is 0.222 e. The standard InChI is InChI=1S/C15H24N4O3S/c1-17(2)13-11-23(21,22)14-10-18(9-12(13)14)15(20)5-3-7-19-8-4-6-16-19/h4,6,8,12-14H,3,5,7,9-11H2,1-2H3/t12-,13+,14-/m0/s1. The molecular formula is C15H24N4O3S. The van der Waals surface area contributed by atoms with E-state index in [1.54, 1.807) is 15.8 Å². The Morgan fingerprint density at radius 2 is 2.13 bits per heavy atom. The van der Waals surface area contributed by atoms with Gasteiger partial charge in [-0.2, -0.15) is 5.10 Å². The van der Waals surface area contributed by atoms with Crippen molar-refractivity contribution >= 4 is 15.7 Å². The van der Waals surface area contributed by atoms with Crippen molar-refractivity contribution in [1.82, 2.24) is 19.6 Å². The van der Waals surface area contributed by atoms with E-state index in [4.69, 9.17) is 0 Å². The van der Waals surface area contributed by atoms with Crippen molar-refractivity contribution in [3.05, 3.63) is 18.5 Å². The fraction of sp³-hybridized carbons (Fsp3) is 0.733. The zero-order valence-corrected chi connectivity index (χ0v) is 14.4. The minimum atomic E-state index is -3.09. The van der Waals surface area contributed by atoms with E-state index >= 15 is 0 Å². The molecule has 0 N–H and O–H groups in total. The first-order valence-corrected chi connectivity index (χ1v) is 9.73. The Hall–Kier alpha value is -1.41. The first kappa shape index (κ1) is 16.4. The van der Waals surface area contributed by atoms with Crippen molar-refractivity contribution in [1.29, 1.82) is 0 Å². The molecule has 3 atom stereocenters. The summed E-state index contributed by atoms with van der Waals surface area (Å²) in [6.07, 6.45) is 4.75. The molecule has 0 aliphatic carbocycles. The summed E-state index contributed by atoms with van der Waals surface area (Å²) in [5.41, 5.74) is 0. The lowest BCUT2D eigenvalue weighted by molar-refractivity contribution is -0.130. The van der Waals surface area contributed by atoms with Gasteiger partial charge in [0.2, 0.25) is 5.91 Å². The molecule has 3 rings (SSSR count). The van der Waals surface area contributed by atoms with Crippen LogP contribution in [0.2, 0.25) is 0 Å². The molecule has 2 aliphatic heterocycles. The van der Waals surface area contributed by atoms with E-state index < -0.39 is 9.84 Å². The first-order valence-electron chi connectivity index (χ1n) is 8.01. The van der Waals surface area contributed by atoms with Crippen molar-refractivity contribution in [3.63, 3.8) is 0 Å². The lowest BCUT2D eigenvalue weighted by atomic mass is 10.00. The van der Waals surface area contributed by atoms with Crippen molar-refractivity contribution in [2.24, 2.45) is 5.92 Å². The van der Waals surface area contributed by atoms with Crippen LogP contribution in [0.1, 0.15) is 12.8 Å². The van der Waals surface area contributed by atoms with Crippen LogP contribution in [-0.4, -0.2) is 78.1 Å². The number of nitrogens with zero attached hydrogens (tertiary/aromatic N) is 4. The van der Waals surface area contributed by atoms with E-state index in [0.29, 0.717) is 26.1 Å². The van der Waals surface area contributed by atoms with Crippen LogP contribution in [-0.2, 0) is 21.2 Å². The van der Waals surface area contributed by atoms with Crippen LogP contribution in [0.4, 0.5) is 0 Å². The van der Waals surface area contributed by atoms with Crippen molar-refractivity contribution in [2.45, 2.75) is 30.7 Å². The highest BCUT2D eigenvalue weighted by Crippen LogP contribution is 2.36. The molecule has 1 amide bonds. The molecule has 23 heavy (non-hydrogen) atoms. The van der Waals surface area contributed by atoms with Gasteiger partial charge in [-0.1, -0.05) is 0 Å². The smallest absolute Gasteiger partial charge is 0.222 e. The van der Waals surface area contributed by atoms with Crippen molar-refractivity contribution in [2.75, 3.05) is 32.9 Å². The molecule has 0 spiro atoms. The Morgan fingerprint density at radius 1 is 1.35 bits per heavy atom. The van der Waals surface area contributed by atoms with Crippen LogP contribution in [0, 0.1) is 5.92 Å². The molecule has 0 bridgehead atoms. The fourth-order valence-corrected chi connectivity index (χ4v) is 6.23. The second kappa shape index (κ2) is 6.24. The molecule has 7 nitrogen and oxygen atoms in total. The SMILES string of the molecule is CN(C)[C@@H]1CS(=O)(=O)[C@H]2CN(C(=O)CCCn3cccn3)C[C@@H]12. The van der Waals surface area contributed by atoms with E-state index in [1.165, 1.54) is 0 Å². The summed E-state index contributed by atoms with van der Waals surface area (Å²) >= 11 is 0. The van der Waals surface area contributed by atoms with E-state index in [2.05, 4.69) is 5.10 Å². The van der Waals surface area contributed by atoms with Gasteiger partial charge in [-0.3, -0.25) is 9.48 Å². The van der Waals surface area contributed by atoms with Gasteiger partial charge in [-0.25, -0.2) is 8.42 Å². The first-order chi connectivity index (χ1) is 10.9. The van der Waals surface area contributed by atoms with Crippen LogP contribution in [0.25, 0.3) is 0 Å². The van der Waals surface area contributed by atoms with Crippen molar-refractivity contribution in [3.8, 4) is 0 Å². The van der Waals surface area contributed by atoms with Gasteiger partial charge in [0.25, 0.3) is 0 Å². The average molecular weight is 340 g/mol. The lowest BCUT2D eigenvalue weighted by Gasteiger charge is -2.25. The minimum Gasteiger partial charge on any atom is -0.341 e. The van der Waals surface area contributed by atoms with E-state index in [-0.39, 0.29) is 28.9 Å². The number of likely N-dealkylation sites (tertiary alicyclic amines) is 1. The number of sulfone groups is 1. The zero-order chi connectivity index (χ0) is 16.6. The third-order valence-corrected chi connectivity index (χ3v) is 7.25. The molecule has 0 unspecified atom stereocenters. The molecule has 2 fully saturated rings. The topological polar surface area (TPSA) is 75.5 Å².